The van der Waals surface area contributed by atoms with Crippen molar-refractivity contribution in [3.63, 3.8) is 0 Å². The quantitative estimate of drug-likeness (QED) is 0.790. The Balaban J connectivity index is 2.05. The number of aromatic nitrogens is 2. The number of nitrogens with one attached hydrogen (secondary N) is 1. The van der Waals surface area contributed by atoms with Gasteiger partial charge in [-0.3, -0.25) is 0 Å². The Kier molecular flexibility index (Phi) is 6.00. The summed E-state index contributed by atoms with van der Waals surface area (Å²) in [5, 5.41) is 7.05. The van der Waals surface area contributed by atoms with Gasteiger partial charge in [-0.2, -0.15) is 0 Å². The first-order valence-electron chi connectivity index (χ1n) is 7.96. The van der Waals surface area contributed by atoms with Gasteiger partial charge in [0.15, 0.2) is 0 Å². The number of aryl methyl sites for hydroxylation is 1. The summed E-state index contributed by atoms with van der Waals surface area (Å²) in [6.45, 7) is 10.9. The van der Waals surface area contributed by atoms with Crippen molar-refractivity contribution in [2.75, 3.05) is 6.54 Å². The highest BCUT2D eigenvalue weighted by Gasteiger charge is 2.16. The average molecular weight is 305 g/mol. The minimum atomic E-state index is 0.438. The standard InChI is InChI=1S/C17H27N3S/c1-5-8-18-17(13(3)4)14-7-9-20(10-14)11-15-12-21-16(6-2)19-15/h7,9-10,12-13,17-18H,5-6,8,11H2,1-4H3. The molecule has 2 heterocycles. The molecule has 0 aromatic carbocycles. The molecule has 2 aromatic rings. The van der Waals surface area contributed by atoms with Crippen LogP contribution in [0.25, 0.3) is 0 Å². The third-order valence-electron chi connectivity index (χ3n) is 3.66. The average Bonchev–Trinajstić information content (AvgIpc) is 3.09. The fourth-order valence-electron chi connectivity index (χ4n) is 2.55. The number of thiazole rings is 1. The Morgan fingerprint density at radius 1 is 1.33 bits per heavy atom. The second-order valence-corrected chi connectivity index (χ2v) is 6.82. The first-order chi connectivity index (χ1) is 10.1. The Morgan fingerprint density at radius 2 is 2.14 bits per heavy atom. The Bertz CT molecular complexity index is 542. The highest BCUT2D eigenvalue weighted by molar-refractivity contribution is 7.09. The van der Waals surface area contributed by atoms with Gasteiger partial charge in [0.25, 0.3) is 0 Å². The molecular formula is C17H27N3S. The molecule has 3 nitrogen and oxygen atoms in total. The first-order valence-corrected chi connectivity index (χ1v) is 8.84. The van der Waals surface area contributed by atoms with Crippen LogP contribution in [0.1, 0.15) is 56.4 Å². The van der Waals surface area contributed by atoms with E-state index >= 15 is 0 Å². The van der Waals surface area contributed by atoms with Gasteiger partial charge in [0, 0.05) is 23.8 Å². The predicted molar refractivity (Wildman–Crippen MR) is 90.9 cm³/mol. The van der Waals surface area contributed by atoms with E-state index in [-0.39, 0.29) is 0 Å². The summed E-state index contributed by atoms with van der Waals surface area (Å²) in [6.07, 6.45) is 6.63. The lowest BCUT2D eigenvalue weighted by atomic mass is 9.98. The van der Waals surface area contributed by atoms with Crippen molar-refractivity contribution < 1.29 is 0 Å². The molecule has 0 radical (unpaired) electrons. The summed E-state index contributed by atoms with van der Waals surface area (Å²) in [5.74, 6) is 0.596. The van der Waals surface area contributed by atoms with E-state index < -0.39 is 0 Å². The van der Waals surface area contributed by atoms with E-state index in [9.17, 15) is 0 Å². The molecule has 0 saturated carbocycles. The molecule has 0 spiro atoms. The molecule has 1 unspecified atom stereocenters. The first kappa shape index (κ1) is 16.2. The van der Waals surface area contributed by atoms with Crippen LogP contribution in [0.5, 0.6) is 0 Å². The van der Waals surface area contributed by atoms with Crippen LogP contribution in [-0.4, -0.2) is 16.1 Å². The van der Waals surface area contributed by atoms with Crippen LogP contribution >= 0.6 is 11.3 Å². The number of nitrogens with zero attached hydrogens (tertiary/aromatic N) is 2. The van der Waals surface area contributed by atoms with Crippen molar-refractivity contribution >= 4 is 11.3 Å². The van der Waals surface area contributed by atoms with Crippen LogP contribution in [0.15, 0.2) is 23.8 Å². The highest BCUT2D eigenvalue weighted by Crippen LogP contribution is 2.22. The number of hydrogen-bond donors (Lipinski definition) is 1. The SMILES string of the molecule is CCCNC(c1ccn(Cc2csc(CC)n2)c1)C(C)C. The van der Waals surface area contributed by atoms with Gasteiger partial charge in [0.05, 0.1) is 17.2 Å². The number of rotatable bonds is 8. The van der Waals surface area contributed by atoms with Crippen molar-refractivity contribution in [2.24, 2.45) is 5.92 Å². The molecule has 0 saturated heterocycles. The molecule has 0 aliphatic heterocycles. The van der Waals surface area contributed by atoms with E-state index in [1.165, 1.54) is 22.7 Å². The van der Waals surface area contributed by atoms with Gasteiger partial charge in [0.2, 0.25) is 0 Å². The minimum Gasteiger partial charge on any atom is -0.348 e. The van der Waals surface area contributed by atoms with Gasteiger partial charge in [-0.15, -0.1) is 11.3 Å². The second kappa shape index (κ2) is 7.76. The lowest BCUT2D eigenvalue weighted by Gasteiger charge is -2.21. The minimum absolute atomic E-state index is 0.438. The van der Waals surface area contributed by atoms with Gasteiger partial charge in [-0.05, 0) is 36.9 Å². The van der Waals surface area contributed by atoms with E-state index in [1.807, 2.05) is 0 Å². The lowest BCUT2D eigenvalue weighted by molar-refractivity contribution is 0.412. The summed E-state index contributed by atoms with van der Waals surface area (Å²) >= 11 is 1.76. The normalized spacial score (nSPS) is 13.0. The third-order valence-corrected chi connectivity index (χ3v) is 4.70. The summed E-state index contributed by atoms with van der Waals surface area (Å²) in [6, 6.07) is 2.67. The second-order valence-electron chi connectivity index (χ2n) is 5.88. The maximum Gasteiger partial charge on any atom is 0.0926 e. The summed E-state index contributed by atoms with van der Waals surface area (Å²) < 4.78 is 2.24. The van der Waals surface area contributed by atoms with Gasteiger partial charge >= 0.3 is 0 Å². The molecule has 0 amide bonds. The predicted octanol–water partition coefficient (Wildman–Crippen LogP) is 4.25. The molecule has 2 aromatic heterocycles. The van der Waals surface area contributed by atoms with Gasteiger partial charge < -0.3 is 9.88 Å². The molecule has 0 bridgehead atoms. The molecule has 1 atom stereocenters. The summed E-state index contributed by atoms with van der Waals surface area (Å²) in [4.78, 5) is 4.64. The van der Waals surface area contributed by atoms with Gasteiger partial charge in [-0.1, -0.05) is 27.7 Å². The largest absolute Gasteiger partial charge is 0.348 e. The molecule has 116 valence electrons. The topological polar surface area (TPSA) is 29.9 Å². The van der Waals surface area contributed by atoms with E-state index in [2.05, 4.69) is 66.4 Å². The van der Waals surface area contributed by atoms with Crippen LogP contribution in [0.3, 0.4) is 0 Å². The maximum atomic E-state index is 4.64. The van der Waals surface area contributed by atoms with Gasteiger partial charge in [0.1, 0.15) is 0 Å². The van der Waals surface area contributed by atoms with Crippen LogP contribution < -0.4 is 5.32 Å². The Hall–Kier alpha value is -1.13. The maximum absolute atomic E-state index is 4.64. The lowest BCUT2D eigenvalue weighted by Crippen LogP contribution is -2.26. The highest BCUT2D eigenvalue weighted by atomic mass is 32.1. The van der Waals surface area contributed by atoms with E-state index in [0.29, 0.717) is 12.0 Å². The number of hydrogen-bond acceptors (Lipinski definition) is 3. The fourth-order valence-corrected chi connectivity index (χ4v) is 3.29. The van der Waals surface area contributed by atoms with E-state index in [1.54, 1.807) is 11.3 Å². The Morgan fingerprint density at radius 3 is 2.76 bits per heavy atom. The van der Waals surface area contributed by atoms with Crippen molar-refractivity contribution in [3.8, 4) is 0 Å². The van der Waals surface area contributed by atoms with Crippen LogP contribution in [0, 0.1) is 5.92 Å². The molecule has 4 heteroatoms. The Labute approximate surface area is 132 Å². The zero-order valence-electron chi connectivity index (χ0n) is 13.6. The summed E-state index contributed by atoms with van der Waals surface area (Å²) in [7, 11) is 0. The van der Waals surface area contributed by atoms with Crippen molar-refractivity contribution in [2.45, 2.75) is 53.1 Å². The van der Waals surface area contributed by atoms with E-state index in [0.717, 1.165) is 19.5 Å². The van der Waals surface area contributed by atoms with Crippen molar-refractivity contribution in [1.82, 2.24) is 14.9 Å². The fraction of sp³-hybridized carbons (Fsp3) is 0.588. The smallest absolute Gasteiger partial charge is 0.0926 e. The molecule has 21 heavy (non-hydrogen) atoms. The summed E-state index contributed by atoms with van der Waals surface area (Å²) in [5.41, 5.74) is 2.55. The van der Waals surface area contributed by atoms with Gasteiger partial charge in [-0.25, -0.2) is 4.98 Å². The van der Waals surface area contributed by atoms with Crippen LogP contribution in [-0.2, 0) is 13.0 Å². The third kappa shape index (κ3) is 4.42. The molecule has 2 rings (SSSR count). The van der Waals surface area contributed by atoms with Crippen molar-refractivity contribution in [3.05, 3.63) is 40.1 Å². The van der Waals surface area contributed by atoms with Crippen LogP contribution in [0.4, 0.5) is 0 Å². The molecule has 0 aliphatic carbocycles. The molecular weight excluding hydrogens is 278 g/mol. The zero-order valence-corrected chi connectivity index (χ0v) is 14.4. The van der Waals surface area contributed by atoms with E-state index in [4.69, 9.17) is 0 Å². The monoisotopic (exact) mass is 305 g/mol. The van der Waals surface area contributed by atoms with Crippen molar-refractivity contribution in [1.29, 1.82) is 0 Å². The zero-order chi connectivity index (χ0) is 15.2. The molecule has 0 fully saturated rings. The molecule has 1 N–H and O–H groups in total. The van der Waals surface area contributed by atoms with Crippen LogP contribution in [0.2, 0.25) is 0 Å². The molecule has 0 aliphatic rings.